The highest BCUT2D eigenvalue weighted by Crippen LogP contribution is 2.32. The maximum absolute atomic E-state index is 11.3. The van der Waals surface area contributed by atoms with Crippen molar-refractivity contribution in [2.45, 2.75) is 38.6 Å². The number of fused-ring (bicyclic) bond motifs is 1. The minimum atomic E-state index is -0.0873. The Morgan fingerprint density at radius 3 is 3.00 bits per heavy atom. The normalized spacial score (nSPS) is 26.1. The molecule has 2 unspecified atom stereocenters. The fourth-order valence-electron chi connectivity index (χ4n) is 2.92. The Labute approximate surface area is 113 Å². The van der Waals surface area contributed by atoms with Gasteiger partial charge in [0.25, 0.3) is 5.91 Å². The van der Waals surface area contributed by atoms with E-state index in [1.54, 1.807) is 0 Å². The molecule has 19 heavy (non-hydrogen) atoms. The molecule has 4 heteroatoms. The van der Waals surface area contributed by atoms with Gasteiger partial charge in [0.2, 0.25) is 0 Å². The number of benzene rings is 1. The third-order valence-electron chi connectivity index (χ3n) is 4.08. The zero-order chi connectivity index (χ0) is 13.2. The second-order valence-electron chi connectivity index (χ2n) is 5.56. The van der Waals surface area contributed by atoms with Crippen LogP contribution in [0.5, 0.6) is 5.75 Å². The summed E-state index contributed by atoms with van der Waals surface area (Å²) in [5.74, 6) is 1.37. The van der Waals surface area contributed by atoms with Gasteiger partial charge in [-0.25, -0.2) is 0 Å². The zero-order valence-corrected chi connectivity index (χ0v) is 11.2. The molecule has 0 radical (unpaired) electrons. The largest absolute Gasteiger partial charge is 0.482 e. The van der Waals surface area contributed by atoms with Crippen molar-refractivity contribution < 1.29 is 9.53 Å². The van der Waals surface area contributed by atoms with Crippen molar-refractivity contribution in [2.75, 3.05) is 17.2 Å². The van der Waals surface area contributed by atoms with Crippen LogP contribution in [0.2, 0.25) is 0 Å². The summed E-state index contributed by atoms with van der Waals surface area (Å²) in [6.07, 6.45) is 5.16. The number of rotatable bonds is 2. The molecule has 102 valence electrons. The molecule has 4 nitrogen and oxygen atoms in total. The lowest BCUT2D eigenvalue weighted by molar-refractivity contribution is -0.118. The number of hydrogen-bond acceptors (Lipinski definition) is 3. The van der Waals surface area contributed by atoms with E-state index in [1.807, 2.05) is 18.2 Å². The van der Waals surface area contributed by atoms with E-state index < -0.39 is 0 Å². The van der Waals surface area contributed by atoms with Crippen LogP contribution >= 0.6 is 0 Å². The van der Waals surface area contributed by atoms with Gasteiger partial charge in [-0.05, 0) is 37.0 Å². The summed E-state index contributed by atoms with van der Waals surface area (Å²) in [4.78, 5) is 11.3. The van der Waals surface area contributed by atoms with E-state index in [0.717, 1.165) is 17.1 Å². The summed E-state index contributed by atoms with van der Waals surface area (Å²) in [7, 11) is 0. The minimum Gasteiger partial charge on any atom is -0.482 e. The van der Waals surface area contributed by atoms with Gasteiger partial charge >= 0.3 is 0 Å². The molecular formula is C15H20N2O2. The first-order valence-electron chi connectivity index (χ1n) is 7.05. The molecule has 1 aromatic rings. The second kappa shape index (κ2) is 5.11. The summed E-state index contributed by atoms with van der Waals surface area (Å²) < 4.78 is 5.36. The van der Waals surface area contributed by atoms with E-state index in [4.69, 9.17) is 4.74 Å². The molecule has 0 spiro atoms. The summed E-state index contributed by atoms with van der Waals surface area (Å²) in [5, 5.41) is 6.43. The summed E-state index contributed by atoms with van der Waals surface area (Å²) in [5.41, 5.74) is 1.83. The van der Waals surface area contributed by atoms with Gasteiger partial charge < -0.3 is 15.4 Å². The van der Waals surface area contributed by atoms with Crippen molar-refractivity contribution in [3.05, 3.63) is 18.2 Å². The molecule has 1 fully saturated rings. The molecule has 2 aliphatic rings. The molecule has 0 bridgehead atoms. The highest BCUT2D eigenvalue weighted by Gasteiger charge is 2.22. The predicted octanol–water partition coefficient (Wildman–Crippen LogP) is 3.01. The smallest absolute Gasteiger partial charge is 0.262 e. The standard InChI is InChI=1S/C15H20N2O2/c1-10-4-2-3-5-12(10)16-11-6-7-14-13(8-11)17-15(18)9-19-14/h6-8,10,12,16H,2-5,9H2,1H3,(H,17,18). The summed E-state index contributed by atoms with van der Waals surface area (Å²) in [6.45, 7) is 2.42. The number of carbonyl (C=O) groups excluding carboxylic acids is 1. The minimum absolute atomic E-state index is 0.0873. The molecule has 1 amide bonds. The number of hydrogen-bond donors (Lipinski definition) is 2. The molecule has 1 aromatic carbocycles. The van der Waals surface area contributed by atoms with Crippen LogP contribution < -0.4 is 15.4 Å². The maximum atomic E-state index is 11.3. The first kappa shape index (κ1) is 12.3. The number of nitrogens with one attached hydrogen (secondary N) is 2. The van der Waals surface area contributed by atoms with Gasteiger partial charge in [0.15, 0.2) is 6.61 Å². The topological polar surface area (TPSA) is 50.4 Å². The highest BCUT2D eigenvalue weighted by atomic mass is 16.5. The molecule has 0 saturated heterocycles. The van der Waals surface area contributed by atoms with Crippen molar-refractivity contribution in [3.63, 3.8) is 0 Å². The molecule has 1 saturated carbocycles. The molecule has 0 aromatic heterocycles. The van der Waals surface area contributed by atoms with E-state index in [9.17, 15) is 4.79 Å². The van der Waals surface area contributed by atoms with Gasteiger partial charge in [-0.1, -0.05) is 19.8 Å². The average molecular weight is 260 g/mol. The van der Waals surface area contributed by atoms with Crippen molar-refractivity contribution in [1.82, 2.24) is 0 Å². The third kappa shape index (κ3) is 2.67. The van der Waals surface area contributed by atoms with Gasteiger partial charge in [-0.2, -0.15) is 0 Å². The fraction of sp³-hybridized carbons (Fsp3) is 0.533. The van der Waals surface area contributed by atoms with Gasteiger partial charge in [0.1, 0.15) is 5.75 Å². The average Bonchev–Trinajstić information content (AvgIpc) is 2.41. The van der Waals surface area contributed by atoms with Gasteiger partial charge in [-0.15, -0.1) is 0 Å². The molecule has 1 heterocycles. The molecule has 1 aliphatic heterocycles. The Morgan fingerprint density at radius 2 is 2.16 bits per heavy atom. The summed E-state index contributed by atoms with van der Waals surface area (Å²) >= 11 is 0. The van der Waals surface area contributed by atoms with Crippen molar-refractivity contribution >= 4 is 17.3 Å². The number of amides is 1. The van der Waals surface area contributed by atoms with Crippen LogP contribution in [0, 0.1) is 5.92 Å². The van der Waals surface area contributed by atoms with Crippen LogP contribution in [0.15, 0.2) is 18.2 Å². The van der Waals surface area contributed by atoms with Gasteiger partial charge in [0.05, 0.1) is 5.69 Å². The predicted molar refractivity (Wildman–Crippen MR) is 75.6 cm³/mol. The van der Waals surface area contributed by atoms with Crippen LogP contribution in [0.25, 0.3) is 0 Å². The second-order valence-corrected chi connectivity index (χ2v) is 5.56. The van der Waals surface area contributed by atoms with Crippen molar-refractivity contribution in [3.8, 4) is 5.75 Å². The number of ether oxygens (including phenoxy) is 1. The molecular weight excluding hydrogens is 240 g/mol. The first-order chi connectivity index (χ1) is 9.22. The van der Waals surface area contributed by atoms with E-state index in [-0.39, 0.29) is 12.5 Å². The third-order valence-corrected chi connectivity index (χ3v) is 4.08. The van der Waals surface area contributed by atoms with Gasteiger partial charge in [-0.3, -0.25) is 4.79 Å². The fourth-order valence-corrected chi connectivity index (χ4v) is 2.92. The van der Waals surface area contributed by atoms with Crippen molar-refractivity contribution in [2.24, 2.45) is 5.92 Å². The van der Waals surface area contributed by atoms with E-state index in [2.05, 4.69) is 17.6 Å². The molecule has 2 atom stereocenters. The molecule has 3 rings (SSSR count). The SMILES string of the molecule is CC1CCCCC1Nc1ccc2c(c1)NC(=O)CO2. The van der Waals surface area contributed by atoms with Crippen LogP contribution in [0.1, 0.15) is 32.6 Å². The molecule has 1 aliphatic carbocycles. The number of anilines is 2. The van der Waals surface area contributed by atoms with Crippen molar-refractivity contribution in [1.29, 1.82) is 0 Å². The Morgan fingerprint density at radius 1 is 1.32 bits per heavy atom. The lowest BCUT2D eigenvalue weighted by atomic mass is 9.86. The van der Waals surface area contributed by atoms with E-state index >= 15 is 0 Å². The highest BCUT2D eigenvalue weighted by molar-refractivity contribution is 5.96. The quantitative estimate of drug-likeness (QED) is 0.859. The lowest BCUT2D eigenvalue weighted by Gasteiger charge is -2.30. The Balaban J connectivity index is 1.74. The van der Waals surface area contributed by atoms with E-state index in [1.165, 1.54) is 25.7 Å². The number of carbonyl (C=O) groups is 1. The van der Waals surface area contributed by atoms with Crippen LogP contribution in [0.4, 0.5) is 11.4 Å². The summed E-state index contributed by atoms with van der Waals surface area (Å²) in [6, 6.07) is 6.45. The van der Waals surface area contributed by atoms with Crippen LogP contribution in [-0.2, 0) is 4.79 Å². The van der Waals surface area contributed by atoms with Crippen LogP contribution in [-0.4, -0.2) is 18.6 Å². The zero-order valence-electron chi connectivity index (χ0n) is 11.2. The van der Waals surface area contributed by atoms with Gasteiger partial charge in [0, 0.05) is 11.7 Å². The van der Waals surface area contributed by atoms with Crippen LogP contribution in [0.3, 0.4) is 0 Å². The Kier molecular flexibility index (Phi) is 3.32. The monoisotopic (exact) mass is 260 g/mol. The Bertz CT molecular complexity index is 487. The van der Waals surface area contributed by atoms with E-state index in [0.29, 0.717) is 12.0 Å². The lowest BCUT2D eigenvalue weighted by Crippen LogP contribution is -2.30. The maximum Gasteiger partial charge on any atom is 0.262 e. The molecule has 2 N–H and O–H groups in total. The Hall–Kier alpha value is -1.71. The first-order valence-corrected chi connectivity index (χ1v) is 7.05.